The van der Waals surface area contributed by atoms with Crippen LogP contribution in [0.4, 0.5) is 11.4 Å². The van der Waals surface area contributed by atoms with Crippen molar-refractivity contribution in [2.75, 3.05) is 16.8 Å². The number of hydrogen-bond donors (Lipinski definition) is 1. The van der Waals surface area contributed by atoms with E-state index in [4.69, 9.17) is 0 Å². The Kier molecular flexibility index (Phi) is 5.78. The summed E-state index contributed by atoms with van der Waals surface area (Å²) in [5, 5.41) is 2.84. The number of nitrogens with zero attached hydrogens (tertiary/aromatic N) is 1. The lowest BCUT2D eigenvalue weighted by molar-refractivity contribution is -0.120. The van der Waals surface area contributed by atoms with Crippen molar-refractivity contribution in [1.82, 2.24) is 0 Å². The van der Waals surface area contributed by atoms with Crippen LogP contribution in [-0.4, -0.2) is 18.4 Å². The molecule has 126 valence electrons. The molecule has 24 heavy (non-hydrogen) atoms. The van der Waals surface area contributed by atoms with E-state index in [1.165, 1.54) is 11.8 Å². The molecule has 0 aliphatic rings. The van der Waals surface area contributed by atoms with Crippen molar-refractivity contribution >= 4 is 39.1 Å². The van der Waals surface area contributed by atoms with Gasteiger partial charge in [-0.05, 0) is 60.0 Å². The van der Waals surface area contributed by atoms with Crippen LogP contribution >= 0.6 is 15.9 Å². The number of carbonyl (C=O) groups excluding carboxylic acids is 2. The van der Waals surface area contributed by atoms with Gasteiger partial charge in [0.2, 0.25) is 11.8 Å². The maximum absolute atomic E-state index is 12.4. The summed E-state index contributed by atoms with van der Waals surface area (Å²) in [5.41, 5.74) is 4.58. The second kappa shape index (κ2) is 7.62. The molecule has 0 saturated heterocycles. The van der Waals surface area contributed by atoms with Crippen molar-refractivity contribution < 1.29 is 9.59 Å². The van der Waals surface area contributed by atoms with Gasteiger partial charge in [-0.3, -0.25) is 9.59 Å². The monoisotopic (exact) mass is 388 g/mol. The van der Waals surface area contributed by atoms with E-state index < -0.39 is 0 Å². The highest BCUT2D eigenvalue weighted by Crippen LogP contribution is 2.27. The first kappa shape index (κ1) is 18.2. The number of carbonyl (C=O) groups is 2. The van der Waals surface area contributed by atoms with E-state index in [0.29, 0.717) is 5.69 Å². The van der Waals surface area contributed by atoms with Crippen LogP contribution in [-0.2, 0) is 9.59 Å². The molecule has 0 fully saturated rings. The molecule has 1 N–H and O–H groups in total. The first-order chi connectivity index (χ1) is 11.3. The largest absolute Gasteiger partial charge is 0.324 e. The number of benzene rings is 2. The molecule has 2 rings (SSSR count). The summed E-state index contributed by atoms with van der Waals surface area (Å²) in [4.78, 5) is 26.1. The van der Waals surface area contributed by atoms with Gasteiger partial charge in [0, 0.05) is 11.4 Å². The van der Waals surface area contributed by atoms with Crippen LogP contribution in [0.15, 0.2) is 40.9 Å². The van der Waals surface area contributed by atoms with Crippen LogP contribution in [0, 0.1) is 20.8 Å². The number of aryl methyl sites for hydroxylation is 3. The summed E-state index contributed by atoms with van der Waals surface area (Å²) >= 11 is 3.40. The van der Waals surface area contributed by atoms with Gasteiger partial charge in [0.05, 0.1) is 11.4 Å². The smallest absolute Gasteiger partial charge is 0.244 e. The number of rotatable bonds is 4. The summed E-state index contributed by atoms with van der Waals surface area (Å²) in [7, 11) is 0. The molecule has 2 amide bonds. The van der Waals surface area contributed by atoms with Crippen molar-refractivity contribution in [1.29, 1.82) is 0 Å². The normalized spacial score (nSPS) is 10.4. The van der Waals surface area contributed by atoms with Gasteiger partial charge in [0.15, 0.2) is 0 Å². The number of hydrogen-bond acceptors (Lipinski definition) is 2. The molecule has 0 aromatic heterocycles. The molecule has 0 atom stereocenters. The van der Waals surface area contributed by atoms with Crippen molar-refractivity contribution in [3.8, 4) is 0 Å². The van der Waals surface area contributed by atoms with E-state index in [-0.39, 0.29) is 18.4 Å². The summed E-state index contributed by atoms with van der Waals surface area (Å²) in [5.74, 6) is -0.399. The Morgan fingerprint density at radius 2 is 1.67 bits per heavy atom. The fraction of sp³-hybridized carbons (Fsp3) is 0.263. The van der Waals surface area contributed by atoms with E-state index >= 15 is 0 Å². The van der Waals surface area contributed by atoms with Gasteiger partial charge < -0.3 is 10.2 Å². The fourth-order valence-electron chi connectivity index (χ4n) is 2.84. The quantitative estimate of drug-likeness (QED) is 0.845. The topological polar surface area (TPSA) is 49.4 Å². The Morgan fingerprint density at radius 3 is 2.21 bits per heavy atom. The van der Waals surface area contributed by atoms with Gasteiger partial charge in [-0.2, -0.15) is 0 Å². The molecular formula is C19H21BrN2O2. The molecule has 5 heteroatoms. The third kappa shape index (κ3) is 4.23. The third-order valence-electron chi connectivity index (χ3n) is 3.74. The number of nitrogens with one attached hydrogen (secondary N) is 1. The van der Waals surface area contributed by atoms with Gasteiger partial charge >= 0.3 is 0 Å². The first-order valence-corrected chi connectivity index (χ1v) is 8.49. The van der Waals surface area contributed by atoms with Crippen LogP contribution < -0.4 is 10.2 Å². The lowest BCUT2D eigenvalue weighted by Gasteiger charge is -2.25. The number of para-hydroxylation sites is 1. The molecule has 2 aromatic rings. The molecule has 0 saturated carbocycles. The molecule has 0 aliphatic carbocycles. The Labute approximate surface area is 151 Å². The van der Waals surface area contributed by atoms with E-state index in [0.717, 1.165) is 26.9 Å². The SMILES string of the molecule is CC(=O)N(CC(=O)Nc1ccccc1Br)c1c(C)cc(C)cc1C. The molecule has 0 spiro atoms. The highest BCUT2D eigenvalue weighted by atomic mass is 79.9. The number of amides is 2. The van der Waals surface area contributed by atoms with E-state index in [1.54, 1.807) is 0 Å². The standard InChI is InChI=1S/C19H21BrN2O2/c1-12-9-13(2)19(14(3)10-12)22(15(4)23)11-18(24)21-17-8-6-5-7-16(17)20/h5-10H,11H2,1-4H3,(H,21,24). The molecule has 0 heterocycles. The average molecular weight is 389 g/mol. The highest BCUT2D eigenvalue weighted by molar-refractivity contribution is 9.10. The van der Waals surface area contributed by atoms with Gasteiger partial charge in [-0.25, -0.2) is 0 Å². The minimum atomic E-state index is -0.239. The summed E-state index contributed by atoms with van der Waals surface area (Å²) in [6, 6.07) is 11.4. The maximum Gasteiger partial charge on any atom is 0.244 e. The zero-order chi connectivity index (χ0) is 17.9. The summed E-state index contributed by atoms with van der Waals surface area (Å²) in [6.45, 7) is 7.38. The van der Waals surface area contributed by atoms with Gasteiger partial charge in [0.25, 0.3) is 0 Å². The van der Waals surface area contributed by atoms with Crippen LogP contribution in [0.3, 0.4) is 0 Å². The lowest BCUT2D eigenvalue weighted by Crippen LogP contribution is -2.37. The van der Waals surface area contributed by atoms with Crippen LogP contribution in [0.2, 0.25) is 0 Å². The molecule has 0 radical (unpaired) electrons. The minimum absolute atomic E-state index is 0.0264. The van der Waals surface area contributed by atoms with Crippen molar-refractivity contribution in [3.05, 3.63) is 57.6 Å². The fourth-order valence-corrected chi connectivity index (χ4v) is 3.23. The molecular weight excluding hydrogens is 368 g/mol. The Morgan fingerprint density at radius 1 is 1.08 bits per heavy atom. The Hall–Kier alpha value is -2.14. The molecule has 0 unspecified atom stereocenters. The minimum Gasteiger partial charge on any atom is -0.324 e. The van der Waals surface area contributed by atoms with Crippen LogP contribution in [0.5, 0.6) is 0 Å². The number of halogens is 1. The zero-order valence-corrected chi connectivity index (χ0v) is 15.9. The average Bonchev–Trinajstić information content (AvgIpc) is 2.47. The number of anilines is 2. The highest BCUT2D eigenvalue weighted by Gasteiger charge is 2.20. The molecule has 2 aromatic carbocycles. The van der Waals surface area contributed by atoms with Gasteiger partial charge in [0.1, 0.15) is 6.54 Å². The van der Waals surface area contributed by atoms with Crippen LogP contribution in [0.1, 0.15) is 23.6 Å². The van der Waals surface area contributed by atoms with Gasteiger partial charge in [-0.15, -0.1) is 0 Å². The second-order valence-electron chi connectivity index (χ2n) is 5.88. The lowest BCUT2D eigenvalue weighted by atomic mass is 10.0. The van der Waals surface area contributed by atoms with E-state index in [9.17, 15) is 9.59 Å². The second-order valence-corrected chi connectivity index (χ2v) is 6.73. The van der Waals surface area contributed by atoms with E-state index in [1.807, 2.05) is 57.2 Å². The van der Waals surface area contributed by atoms with Crippen molar-refractivity contribution in [2.24, 2.45) is 0 Å². The summed E-state index contributed by atoms with van der Waals surface area (Å²) < 4.78 is 0.801. The third-order valence-corrected chi connectivity index (χ3v) is 4.43. The van der Waals surface area contributed by atoms with Gasteiger partial charge in [-0.1, -0.05) is 29.8 Å². The van der Waals surface area contributed by atoms with Crippen LogP contribution in [0.25, 0.3) is 0 Å². The predicted molar refractivity (Wildman–Crippen MR) is 101 cm³/mol. The molecule has 0 aliphatic heterocycles. The first-order valence-electron chi connectivity index (χ1n) is 7.70. The van der Waals surface area contributed by atoms with Crippen molar-refractivity contribution in [3.63, 3.8) is 0 Å². The van der Waals surface area contributed by atoms with Crippen molar-refractivity contribution in [2.45, 2.75) is 27.7 Å². The van der Waals surface area contributed by atoms with E-state index in [2.05, 4.69) is 21.2 Å². The summed E-state index contributed by atoms with van der Waals surface area (Å²) in [6.07, 6.45) is 0. The zero-order valence-electron chi connectivity index (χ0n) is 14.3. The molecule has 4 nitrogen and oxygen atoms in total. The Bertz CT molecular complexity index is 764. The molecule has 0 bridgehead atoms. The Balaban J connectivity index is 2.25. The predicted octanol–water partition coefficient (Wildman–Crippen LogP) is 4.37. The maximum atomic E-state index is 12.4.